The molecular formula is C12H12FNO. The highest BCUT2D eigenvalue weighted by molar-refractivity contribution is 6.00. The highest BCUT2D eigenvalue weighted by Crippen LogP contribution is 2.25. The number of benzene rings is 1. The number of anilines is 1. The van der Waals surface area contributed by atoms with Crippen molar-refractivity contribution in [1.82, 2.24) is 0 Å². The van der Waals surface area contributed by atoms with Gasteiger partial charge in [0.15, 0.2) is 5.78 Å². The molecule has 3 heteroatoms. The van der Waals surface area contributed by atoms with Gasteiger partial charge in [0.25, 0.3) is 0 Å². The summed E-state index contributed by atoms with van der Waals surface area (Å²) in [5.41, 5.74) is 0.883. The van der Waals surface area contributed by atoms with E-state index in [2.05, 4.69) is 0 Å². The number of hydrogen-bond donors (Lipinski definition) is 0. The second kappa shape index (κ2) is 3.85. The number of nitrogens with zero attached hydrogens (tertiary/aromatic N) is 1. The van der Waals surface area contributed by atoms with Gasteiger partial charge >= 0.3 is 0 Å². The number of hydrogen-bond acceptors (Lipinski definition) is 2. The molecular weight excluding hydrogens is 193 g/mol. The van der Waals surface area contributed by atoms with Crippen LogP contribution in [0.2, 0.25) is 0 Å². The number of carbonyl (C=O) groups is 1. The number of Topliss-reactive ketones (excluding diaryl/α,β-unsaturated/α-hetero) is 1. The first-order chi connectivity index (χ1) is 7.20. The van der Waals surface area contributed by atoms with Gasteiger partial charge in [-0.05, 0) is 19.1 Å². The topological polar surface area (TPSA) is 20.3 Å². The van der Waals surface area contributed by atoms with Crippen molar-refractivity contribution in [3.05, 3.63) is 41.7 Å². The van der Waals surface area contributed by atoms with E-state index in [4.69, 9.17) is 0 Å². The molecule has 1 heterocycles. The second-order valence-electron chi connectivity index (χ2n) is 3.57. The van der Waals surface area contributed by atoms with Crippen LogP contribution in [0.15, 0.2) is 30.4 Å². The zero-order chi connectivity index (χ0) is 10.8. The first-order valence-electron chi connectivity index (χ1n) is 4.89. The molecule has 1 aliphatic heterocycles. The van der Waals surface area contributed by atoms with Crippen molar-refractivity contribution in [2.75, 3.05) is 18.0 Å². The summed E-state index contributed by atoms with van der Waals surface area (Å²) in [5.74, 6) is -0.665. The minimum Gasteiger partial charge on any atom is -0.363 e. The van der Waals surface area contributed by atoms with Crippen LogP contribution < -0.4 is 4.90 Å². The van der Waals surface area contributed by atoms with E-state index in [1.165, 1.54) is 13.0 Å². The smallest absolute Gasteiger partial charge is 0.164 e. The van der Waals surface area contributed by atoms with Gasteiger partial charge in [0.1, 0.15) is 5.82 Å². The number of ketones is 1. The van der Waals surface area contributed by atoms with Gasteiger partial charge in [0, 0.05) is 13.1 Å². The van der Waals surface area contributed by atoms with Crippen molar-refractivity contribution in [1.29, 1.82) is 0 Å². The quantitative estimate of drug-likeness (QED) is 0.546. The van der Waals surface area contributed by atoms with E-state index in [1.54, 1.807) is 12.1 Å². The second-order valence-corrected chi connectivity index (χ2v) is 3.57. The first kappa shape index (κ1) is 9.90. The Balaban J connectivity index is 2.45. The molecule has 0 saturated heterocycles. The SMILES string of the molecule is CC(=O)c1c(F)cccc1N1CC=CC1. The molecule has 78 valence electrons. The molecule has 1 aromatic rings. The maximum Gasteiger partial charge on any atom is 0.164 e. The molecule has 15 heavy (non-hydrogen) atoms. The fraction of sp³-hybridized carbons (Fsp3) is 0.250. The molecule has 2 nitrogen and oxygen atoms in total. The van der Waals surface area contributed by atoms with Crippen molar-refractivity contribution in [3.63, 3.8) is 0 Å². The lowest BCUT2D eigenvalue weighted by molar-refractivity contribution is 0.101. The highest BCUT2D eigenvalue weighted by atomic mass is 19.1. The zero-order valence-electron chi connectivity index (χ0n) is 8.53. The summed E-state index contributed by atoms with van der Waals surface area (Å²) in [6.45, 7) is 2.87. The zero-order valence-corrected chi connectivity index (χ0v) is 8.53. The Kier molecular flexibility index (Phi) is 2.54. The first-order valence-corrected chi connectivity index (χ1v) is 4.89. The van der Waals surface area contributed by atoms with Crippen LogP contribution in [0.3, 0.4) is 0 Å². The number of rotatable bonds is 2. The molecule has 0 amide bonds. The lowest BCUT2D eigenvalue weighted by atomic mass is 10.1. The van der Waals surface area contributed by atoms with Gasteiger partial charge in [-0.2, -0.15) is 0 Å². The summed E-state index contributed by atoms with van der Waals surface area (Å²) >= 11 is 0. The largest absolute Gasteiger partial charge is 0.363 e. The molecule has 0 unspecified atom stereocenters. The van der Waals surface area contributed by atoms with E-state index in [0.29, 0.717) is 5.69 Å². The molecule has 1 aromatic carbocycles. The lowest BCUT2D eigenvalue weighted by Gasteiger charge is -2.20. The fourth-order valence-electron chi connectivity index (χ4n) is 1.80. The third-order valence-corrected chi connectivity index (χ3v) is 2.50. The highest BCUT2D eigenvalue weighted by Gasteiger charge is 2.18. The van der Waals surface area contributed by atoms with Crippen LogP contribution in [0.4, 0.5) is 10.1 Å². The molecule has 0 N–H and O–H groups in total. The van der Waals surface area contributed by atoms with Crippen molar-refractivity contribution >= 4 is 11.5 Å². The van der Waals surface area contributed by atoms with Crippen LogP contribution in [0.25, 0.3) is 0 Å². The summed E-state index contributed by atoms with van der Waals surface area (Å²) in [5, 5.41) is 0. The monoisotopic (exact) mass is 205 g/mol. The average Bonchev–Trinajstić information content (AvgIpc) is 2.69. The maximum atomic E-state index is 13.5. The normalized spacial score (nSPS) is 14.7. The van der Waals surface area contributed by atoms with Crippen LogP contribution in [0.1, 0.15) is 17.3 Å². The van der Waals surface area contributed by atoms with Gasteiger partial charge in [0.2, 0.25) is 0 Å². The Morgan fingerprint density at radius 3 is 2.60 bits per heavy atom. The number of carbonyl (C=O) groups excluding carboxylic acids is 1. The third kappa shape index (κ3) is 1.77. The van der Waals surface area contributed by atoms with E-state index in [0.717, 1.165) is 13.1 Å². The summed E-state index contributed by atoms with van der Waals surface area (Å²) in [6.07, 6.45) is 4.02. The van der Waals surface area contributed by atoms with Crippen LogP contribution in [0.5, 0.6) is 0 Å². The van der Waals surface area contributed by atoms with E-state index in [-0.39, 0.29) is 11.3 Å². The van der Waals surface area contributed by atoms with E-state index in [1.807, 2.05) is 17.1 Å². The summed E-state index contributed by atoms with van der Waals surface area (Å²) < 4.78 is 13.5. The van der Waals surface area contributed by atoms with Crippen LogP contribution >= 0.6 is 0 Å². The predicted octanol–water partition coefficient (Wildman–Crippen LogP) is 2.40. The maximum absolute atomic E-state index is 13.5. The minimum absolute atomic E-state index is 0.196. The Labute approximate surface area is 88.0 Å². The molecule has 0 aliphatic carbocycles. The summed E-state index contributed by atoms with van der Waals surface area (Å²) in [7, 11) is 0. The molecule has 0 spiro atoms. The van der Waals surface area contributed by atoms with Crippen LogP contribution in [0, 0.1) is 5.82 Å². The predicted molar refractivity (Wildman–Crippen MR) is 57.8 cm³/mol. The minimum atomic E-state index is -0.438. The summed E-state index contributed by atoms with van der Waals surface area (Å²) in [6, 6.07) is 4.74. The van der Waals surface area contributed by atoms with Gasteiger partial charge in [-0.1, -0.05) is 18.2 Å². The van der Waals surface area contributed by atoms with E-state index in [9.17, 15) is 9.18 Å². The number of halogens is 1. The van der Waals surface area contributed by atoms with Gasteiger partial charge in [-0.25, -0.2) is 4.39 Å². The van der Waals surface area contributed by atoms with Gasteiger partial charge in [0.05, 0.1) is 11.3 Å². The standard InChI is InChI=1S/C12H12FNO/c1-9(15)12-10(13)5-4-6-11(12)14-7-2-3-8-14/h2-6H,7-8H2,1H3. The van der Waals surface area contributed by atoms with Crippen molar-refractivity contribution in [2.24, 2.45) is 0 Å². The van der Waals surface area contributed by atoms with Gasteiger partial charge in [-0.15, -0.1) is 0 Å². The van der Waals surface area contributed by atoms with Gasteiger partial charge < -0.3 is 4.90 Å². The molecule has 2 rings (SSSR count). The Morgan fingerprint density at radius 2 is 2.00 bits per heavy atom. The van der Waals surface area contributed by atoms with Crippen LogP contribution in [-0.4, -0.2) is 18.9 Å². The van der Waals surface area contributed by atoms with Crippen molar-refractivity contribution in [3.8, 4) is 0 Å². The Bertz CT molecular complexity index is 418. The molecule has 1 aliphatic rings. The van der Waals surface area contributed by atoms with Crippen molar-refractivity contribution < 1.29 is 9.18 Å². The third-order valence-electron chi connectivity index (χ3n) is 2.50. The Hall–Kier alpha value is -1.64. The molecule has 0 saturated carbocycles. The molecule has 0 bridgehead atoms. The van der Waals surface area contributed by atoms with Gasteiger partial charge in [-0.3, -0.25) is 4.79 Å². The molecule has 0 atom stereocenters. The molecule has 0 fully saturated rings. The Morgan fingerprint density at radius 1 is 1.33 bits per heavy atom. The van der Waals surface area contributed by atoms with Crippen molar-refractivity contribution in [2.45, 2.75) is 6.92 Å². The van der Waals surface area contributed by atoms with Crippen LogP contribution in [-0.2, 0) is 0 Å². The molecule has 0 aromatic heterocycles. The van der Waals surface area contributed by atoms with E-state index < -0.39 is 5.82 Å². The molecule has 0 radical (unpaired) electrons. The van der Waals surface area contributed by atoms with E-state index >= 15 is 0 Å². The summed E-state index contributed by atoms with van der Waals surface area (Å²) in [4.78, 5) is 13.3. The lowest BCUT2D eigenvalue weighted by Crippen LogP contribution is -2.21. The fourth-order valence-corrected chi connectivity index (χ4v) is 1.80. The average molecular weight is 205 g/mol.